The van der Waals surface area contributed by atoms with Gasteiger partial charge in [-0.3, -0.25) is 4.79 Å². The van der Waals surface area contributed by atoms with E-state index in [9.17, 15) is 4.79 Å². The summed E-state index contributed by atoms with van der Waals surface area (Å²) in [6.45, 7) is 0.795. The molecule has 1 saturated heterocycles. The number of hydrogen-bond acceptors (Lipinski definition) is 2. The van der Waals surface area contributed by atoms with Gasteiger partial charge in [-0.1, -0.05) is 30.3 Å². The van der Waals surface area contributed by atoms with Crippen molar-refractivity contribution in [2.24, 2.45) is 0 Å². The number of allylic oxidation sites excluding steroid dienone is 1. The van der Waals surface area contributed by atoms with Crippen molar-refractivity contribution in [2.75, 3.05) is 6.61 Å². The number of benzene rings is 1. The summed E-state index contributed by atoms with van der Waals surface area (Å²) in [5.41, 5.74) is 3.22. The SMILES string of the molecule is O=C1CC2OCCCCC2=C1c1ccccc1. The van der Waals surface area contributed by atoms with Crippen LogP contribution in [-0.2, 0) is 9.53 Å². The van der Waals surface area contributed by atoms with Crippen LogP contribution in [0.4, 0.5) is 0 Å². The van der Waals surface area contributed by atoms with Crippen molar-refractivity contribution in [1.82, 2.24) is 0 Å². The zero-order chi connectivity index (χ0) is 11.7. The highest BCUT2D eigenvalue weighted by Gasteiger charge is 2.33. The smallest absolute Gasteiger partial charge is 0.166 e. The molecule has 0 saturated carbocycles. The van der Waals surface area contributed by atoms with Gasteiger partial charge >= 0.3 is 0 Å². The second-order valence-electron chi connectivity index (χ2n) is 4.71. The molecular weight excluding hydrogens is 212 g/mol. The molecule has 2 aliphatic rings. The van der Waals surface area contributed by atoms with Gasteiger partial charge in [-0.15, -0.1) is 0 Å². The number of carbonyl (C=O) groups excluding carboxylic acids is 1. The van der Waals surface area contributed by atoms with E-state index < -0.39 is 0 Å². The molecule has 0 N–H and O–H groups in total. The Labute approximate surface area is 101 Å². The first-order chi connectivity index (χ1) is 8.36. The van der Waals surface area contributed by atoms with E-state index in [0.29, 0.717) is 6.42 Å². The van der Waals surface area contributed by atoms with Crippen molar-refractivity contribution in [2.45, 2.75) is 31.8 Å². The van der Waals surface area contributed by atoms with Crippen LogP contribution in [0.25, 0.3) is 5.57 Å². The molecule has 0 radical (unpaired) electrons. The van der Waals surface area contributed by atoms with Crippen LogP contribution in [0.15, 0.2) is 35.9 Å². The zero-order valence-electron chi connectivity index (χ0n) is 9.82. The average molecular weight is 228 g/mol. The van der Waals surface area contributed by atoms with Crippen molar-refractivity contribution in [3.05, 3.63) is 41.5 Å². The van der Waals surface area contributed by atoms with E-state index in [1.54, 1.807) is 0 Å². The molecule has 1 aromatic carbocycles. The van der Waals surface area contributed by atoms with Crippen LogP contribution in [-0.4, -0.2) is 18.5 Å². The van der Waals surface area contributed by atoms with Gasteiger partial charge < -0.3 is 4.74 Å². The summed E-state index contributed by atoms with van der Waals surface area (Å²) < 4.78 is 5.77. The lowest BCUT2D eigenvalue weighted by Gasteiger charge is -2.11. The number of carbonyl (C=O) groups is 1. The van der Waals surface area contributed by atoms with Gasteiger partial charge in [-0.25, -0.2) is 0 Å². The summed E-state index contributed by atoms with van der Waals surface area (Å²) in [6.07, 6.45) is 3.85. The highest BCUT2D eigenvalue weighted by molar-refractivity contribution is 6.24. The quantitative estimate of drug-likeness (QED) is 0.738. The Kier molecular flexibility index (Phi) is 2.81. The van der Waals surface area contributed by atoms with Crippen LogP contribution in [0, 0.1) is 0 Å². The van der Waals surface area contributed by atoms with Gasteiger partial charge in [-0.05, 0) is 30.4 Å². The molecule has 1 unspecified atom stereocenters. The highest BCUT2D eigenvalue weighted by Crippen LogP contribution is 2.37. The summed E-state index contributed by atoms with van der Waals surface area (Å²) in [4.78, 5) is 12.1. The van der Waals surface area contributed by atoms with Gasteiger partial charge in [0.15, 0.2) is 5.78 Å². The largest absolute Gasteiger partial charge is 0.373 e. The lowest BCUT2D eigenvalue weighted by molar-refractivity contribution is -0.114. The highest BCUT2D eigenvalue weighted by atomic mass is 16.5. The molecule has 88 valence electrons. The van der Waals surface area contributed by atoms with Gasteiger partial charge in [0.05, 0.1) is 6.10 Å². The van der Waals surface area contributed by atoms with E-state index in [0.717, 1.165) is 37.0 Å². The fourth-order valence-electron chi connectivity index (χ4n) is 2.77. The molecule has 1 aliphatic heterocycles. The maximum Gasteiger partial charge on any atom is 0.166 e. The molecule has 2 nitrogen and oxygen atoms in total. The van der Waals surface area contributed by atoms with Crippen LogP contribution >= 0.6 is 0 Å². The summed E-state index contributed by atoms with van der Waals surface area (Å²) in [6, 6.07) is 10.00. The first-order valence-corrected chi connectivity index (χ1v) is 6.29. The lowest BCUT2D eigenvalue weighted by atomic mass is 9.98. The molecule has 1 atom stereocenters. The number of ether oxygens (including phenoxy) is 1. The van der Waals surface area contributed by atoms with E-state index in [-0.39, 0.29) is 11.9 Å². The number of ketones is 1. The Bertz CT molecular complexity index is 459. The molecule has 1 aliphatic carbocycles. The van der Waals surface area contributed by atoms with E-state index >= 15 is 0 Å². The van der Waals surface area contributed by atoms with Crippen LogP contribution in [0.3, 0.4) is 0 Å². The van der Waals surface area contributed by atoms with Crippen LogP contribution in [0.1, 0.15) is 31.2 Å². The van der Waals surface area contributed by atoms with Crippen molar-refractivity contribution >= 4 is 11.4 Å². The standard InChI is InChI=1S/C15H16O2/c16-13-10-14-12(8-4-5-9-17-14)15(13)11-6-2-1-3-7-11/h1-3,6-7,14H,4-5,8-10H2. The predicted molar refractivity (Wildman–Crippen MR) is 66.6 cm³/mol. The lowest BCUT2D eigenvalue weighted by Crippen LogP contribution is -2.11. The molecule has 1 aromatic rings. The molecule has 0 aromatic heterocycles. The fraction of sp³-hybridized carbons (Fsp3) is 0.400. The Morgan fingerprint density at radius 1 is 1.12 bits per heavy atom. The van der Waals surface area contributed by atoms with Gasteiger partial charge in [-0.2, -0.15) is 0 Å². The monoisotopic (exact) mass is 228 g/mol. The Morgan fingerprint density at radius 2 is 1.94 bits per heavy atom. The summed E-state index contributed by atoms with van der Waals surface area (Å²) >= 11 is 0. The first-order valence-electron chi connectivity index (χ1n) is 6.29. The molecule has 3 rings (SSSR count). The average Bonchev–Trinajstić information content (AvgIpc) is 2.52. The molecule has 1 heterocycles. The van der Waals surface area contributed by atoms with Crippen molar-refractivity contribution in [3.63, 3.8) is 0 Å². The van der Waals surface area contributed by atoms with Crippen LogP contribution < -0.4 is 0 Å². The Balaban J connectivity index is 2.05. The third kappa shape index (κ3) is 1.93. The van der Waals surface area contributed by atoms with E-state index in [2.05, 4.69) is 0 Å². The summed E-state index contributed by atoms with van der Waals surface area (Å²) in [5.74, 6) is 0.248. The minimum Gasteiger partial charge on any atom is -0.373 e. The fourth-order valence-corrected chi connectivity index (χ4v) is 2.77. The maximum absolute atomic E-state index is 12.1. The third-order valence-corrected chi connectivity index (χ3v) is 3.58. The van der Waals surface area contributed by atoms with Gasteiger partial charge in [0.2, 0.25) is 0 Å². The molecule has 17 heavy (non-hydrogen) atoms. The molecule has 0 bridgehead atoms. The van der Waals surface area contributed by atoms with E-state index in [1.807, 2.05) is 30.3 Å². The minimum absolute atomic E-state index is 0.0557. The van der Waals surface area contributed by atoms with E-state index in [4.69, 9.17) is 4.74 Å². The Hall–Kier alpha value is -1.41. The second kappa shape index (κ2) is 4.46. The van der Waals surface area contributed by atoms with Crippen molar-refractivity contribution < 1.29 is 9.53 Å². The minimum atomic E-state index is 0.0557. The normalized spacial score (nSPS) is 24.7. The first kappa shape index (κ1) is 10.7. The molecular formula is C15H16O2. The second-order valence-corrected chi connectivity index (χ2v) is 4.71. The van der Waals surface area contributed by atoms with Crippen molar-refractivity contribution in [3.8, 4) is 0 Å². The molecule has 0 spiro atoms. The van der Waals surface area contributed by atoms with Gasteiger partial charge in [0.1, 0.15) is 0 Å². The number of fused-ring (bicyclic) bond motifs is 1. The van der Waals surface area contributed by atoms with Crippen LogP contribution in [0.5, 0.6) is 0 Å². The summed E-state index contributed by atoms with van der Waals surface area (Å²) in [5, 5.41) is 0. The summed E-state index contributed by atoms with van der Waals surface area (Å²) in [7, 11) is 0. The predicted octanol–water partition coefficient (Wildman–Crippen LogP) is 2.98. The van der Waals surface area contributed by atoms with E-state index in [1.165, 1.54) is 5.57 Å². The number of Topliss-reactive ketones (excluding diaryl/α,β-unsaturated/α-hetero) is 1. The number of hydrogen-bond donors (Lipinski definition) is 0. The zero-order valence-corrected chi connectivity index (χ0v) is 9.82. The number of rotatable bonds is 1. The van der Waals surface area contributed by atoms with Gasteiger partial charge in [0.25, 0.3) is 0 Å². The van der Waals surface area contributed by atoms with Crippen LogP contribution in [0.2, 0.25) is 0 Å². The topological polar surface area (TPSA) is 26.3 Å². The molecule has 1 fully saturated rings. The molecule has 0 amide bonds. The van der Waals surface area contributed by atoms with Crippen molar-refractivity contribution in [1.29, 1.82) is 0 Å². The Morgan fingerprint density at radius 3 is 2.76 bits per heavy atom. The molecule has 2 heteroatoms. The third-order valence-electron chi connectivity index (χ3n) is 3.58. The van der Waals surface area contributed by atoms with Gasteiger partial charge in [0, 0.05) is 18.6 Å². The maximum atomic E-state index is 12.1.